The van der Waals surface area contributed by atoms with Crippen LogP contribution in [0.1, 0.15) is 11.1 Å². The van der Waals surface area contributed by atoms with Crippen LogP contribution in [0.25, 0.3) is 0 Å². The summed E-state index contributed by atoms with van der Waals surface area (Å²) in [5.41, 5.74) is 7.41. The van der Waals surface area contributed by atoms with Crippen molar-refractivity contribution in [3.05, 3.63) is 50.2 Å². The molecule has 0 spiro atoms. The summed E-state index contributed by atoms with van der Waals surface area (Å²) in [7, 11) is 4.76. The smallest absolute Gasteiger partial charge is 0.332 e. The van der Waals surface area contributed by atoms with Gasteiger partial charge in [-0.2, -0.15) is 0 Å². The fourth-order valence-electron chi connectivity index (χ4n) is 2.55. The summed E-state index contributed by atoms with van der Waals surface area (Å²) in [4.78, 5) is 38.8. The fraction of sp³-hybridized carbons (Fsp3) is 0.353. The molecule has 2 rings (SSSR count). The van der Waals surface area contributed by atoms with Gasteiger partial charge in [0.05, 0.1) is 0 Å². The summed E-state index contributed by atoms with van der Waals surface area (Å²) in [5.74, 6) is -0.395. The summed E-state index contributed by atoms with van der Waals surface area (Å²) < 4.78 is 2.04. The van der Waals surface area contributed by atoms with Crippen molar-refractivity contribution in [2.75, 3.05) is 30.0 Å². The van der Waals surface area contributed by atoms with Crippen molar-refractivity contribution < 1.29 is 4.79 Å². The zero-order chi connectivity index (χ0) is 18.9. The van der Waals surface area contributed by atoms with E-state index in [0.29, 0.717) is 5.69 Å². The SMILES string of the molecule is Cc1cccc(NC(=O)Cn2c(=O)c(N(C)C)c(N)n(C)c2=O)c1C. The maximum atomic E-state index is 12.6. The summed E-state index contributed by atoms with van der Waals surface area (Å²) in [5, 5.41) is 2.75. The molecule has 0 saturated heterocycles. The molecular formula is C17H23N5O3. The van der Waals surface area contributed by atoms with Crippen LogP contribution in [-0.2, 0) is 18.4 Å². The number of nitrogen functional groups attached to an aromatic ring is 1. The number of benzene rings is 1. The normalized spacial score (nSPS) is 10.6. The number of nitrogens with zero attached hydrogens (tertiary/aromatic N) is 3. The van der Waals surface area contributed by atoms with Crippen molar-refractivity contribution in [1.29, 1.82) is 0 Å². The van der Waals surface area contributed by atoms with Crippen molar-refractivity contribution in [2.45, 2.75) is 20.4 Å². The molecule has 25 heavy (non-hydrogen) atoms. The highest BCUT2D eigenvalue weighted by atomic mass is 16.2. The molecule has 0 unspecified atom stereocenters. The minimum atomic E-state index is -0.635. The molecule has 0 radical (unpaired) electrons. The van der Waals surface area contributed by atoms with E-state index in [2.05, 4.69) is 5.32 Å². The molecule has 0 fully saturated rings. The number of nitrogens with two attached hydrogens (primary N) is 1. The Morgan fingerprint density at radius 2 is 1.88 bits per heavy atom. The van der Waals surface area contributed by atoms with E-state index in [1.807, 2.05) is 26.0 Å². The van der Waals surface area contributed by atoms with Gasteiger partial charge >= 0.3 is 5.69 Å². The fourth-order valence-corrected chi connectivity index (χ4v) is 2.55. The Morgan fingerprint density at radius 3 is 2.48 bits per heavy atom. The Kier molecular flexibility index (Phi) is 5.01. The van der Waals surface area contributed by atoms with Crippen molar-refractivity contribution in [3.8, 4) is 0 Å². The lowest BCUT2D eigenvalue weighted by atomic mass is 10.1. The summed E-state index contributed by atoms with van der Waals surface area (Å²) in [6.07, 6.45) is 0. The van der Waals surface area contributed by atoms with Gasteiger partial charge < -0.3 is 16.0 Å². The van der Waals surface area contributed by atoms with Gasteiger partial charge in [0.2, 0.25) is 5.91 Å². The average Bonchev–Trinajstić information content (AvgIpc) is 2.54. The van der Waals surface area contributed by atoms with E-state index in [-0.39, 0.29) is 18.1 Å². The van der Waals surface area contributed by atoms with Gasteiger partial charge in [0, 0.05) is 26.8 Å². The topological polar surface area (TPSA) is 102 Å². The lowest BCUT2D eigenvalue weighted by molar-refractivity contribution is -0.116. The second kappa shape index (κ2) is 6.84. The standard InChI is InChI=1S/C17H23N5O3/c1-10-7-6-8-12(11(10)2)19-13(23)9-22-16(24)14(20(3)4)15(18)21(5)17(22)25/h6-8H,9,18H2,1-5H3,(H,19,23). The van der Waals surface area contributed by atoms with Crippen LogP contribution in [0.2, 0.25) is 0 Å². The second-order valence-electron chi connectivity index (χ2n) is 6.16. The molecule has 0 atom stereocenters. The van der Waals surface area contributed by atoms with Crippen molar-refractivity contribution in [3.63, 3.8) is 0 Å². The van der Waals surface area contributed by atoms with Crippen LogP contribution in [0.5, 0.6) is 0 Å². The average molecular weight is 345 g/mol. The van der Waals surface area contributed by atoms with Crippen LogP contribution < -0.4 is 27.2 Å². The molecule has 0 aliphatic carbocycles. The first-order chi connectivity index (χ1) is 11.6. The molecule has 1 heterocycles. The van der Waals surface area contributed by atoms with E-state index in [1.165, 1.54) is 11.9 Å². The Bertz CT molecular complexity index is 941. The molecular weight excluding hydrogens is 322 g/mol. The Morgan fingerprint density at radius 1 is 1.24 bits per heavy atom. The number of hydrogen-bond donors (Lipinski definition) is 2. The third kappa shape index (κ3) is 3.42. The number of anilines is 3. The van der Waals surface area contributed by atoms with Crippen LogP contribution in [0.4, 0.5) is 17.2 Å². The zero-order valence-corrected chi connectivity index (χ0v) is 15.1. The van der Waals surface area contributed by atoms with Crippen LogP contribution in [0.3, 0.4) is 0 Å². The molecule has 3 N–H and O–H groups in total. The van der Waals surface area contributed by atoms with Crippen molar-refractivity contribution in [2.24, 2.45) is 7.05 Å². The molecule has 0 aliphatic rings. The van der Waals surface area contributed by atoms with Crippen molar-refractivity contribution >= 4 is 23.1 Å². The van der Waals surface area contributed by atoms with E-state index in [4.69, 9.17) is 5.73 Å². The van der Waals surface area contributed by atoms with Gasteiger partial charge in [-0.05, 0) is 31.0 Å². The molecule has 2 aromatic rings. The van der Waals surface area contributed by atoms with Crippen LogP contribution in [0.15, 0.2) is 27.8 Å². The zero-order valence-electron chi connectivity index (χ0n) is 15.1. The van der Waals surface area contributed by atoms with Crippen LogP contribution in [-0.4, -0.2) is 29.1 Å². The summed E-state index contributed by atoms with van der Waals surface area (Å²) >= 11 is 0. The number of carbonyl (C=O) groups excluding carboxylic acids is 1. The molecule has 0 bridgehead atoms. The predicted molar refractivity (Wildman–Crippen MR) is 99.2 cm³/mol. The summed E-state index contributed by atoms with van der Waals surface area (Å²) in [6, 6.07) is 5.54. The molecule has 134 valence electrons. The molecule has 1 aromatic carbocycles. The van der Waals surface area contributed by atoms with Crippen molar-refractivity contribution in [1.82, 2.24) is 9.13 Å². The number of rotatable bonds is 4. The molecule has 0 saturated carbocycles. The minimum absolute atomic E-state index is 0.0613. The Hall–Kier alpha value is -3.03. The minimum Gasteiger partial charge on any atom is -0.383 e. The van der Waals surface area contributed by atoms with E-state index in [1.54, 1.807) is 20.2 Å². The van der Waals surface area contributed by atoms with Crippen LogP contribution in [0, 0.1) is 13.8 Å². The van der Waals surface area contributed by atoms with Gasteiger partial charge in [-0.1, -0.05) is 12.1 Å². The van der Waals surface area contributed by atoms with E-state index in [0.717, 1.165) is 20.3 Å². The molecule has 8 nitrogen and oxygen atoms in total. The number of aromatic nitrogens is 2. The molecule has 0 aliphatic heterocycles. The van der Waals surface area contributed by atoms with Gasteiger partial charge in [-0.15, -0.1) is 0 Å². The predicted octanol–water partition coefficient (Wildman–Crippen LogP) is 0.451. The first-order valence-corrected chi connectivity index (χ1v) is 7.77. The number of amides is 1. The number of hydrogen-bond acceptors (Lipinski definition) is 5. The van der Waals surface area contributed by atoms with E-state index in [9.17, 15) is 14.4 Å². The highest BCUT2D eigenvalue weighted by molar-refractivity contribution is 5.91. The number of nitrogens with one attached hydrogen (secondary N) is 1. The Labute approximate surface area is 145 Å². The van der Waals surface area contributed by atoms with Gasteiger partial charge in [-0.3, -0.25) is 14.2 Å². The number of carbonyl (C=O) groups is 1. The van der Waals surface area contributed by atoms with Gasteiger partial charge in [0.1, 0.15) is 18.1 Å². The largest absolute Gasteiger partial charge is 0.383 e. The first kappa shape index (κ1) is 18.3. The maximum absolute atomic E-state index is 12.6. The highest BCUT2D eigenvalue weighted by Gasteiger charge is 2.18. The monoisotopic (exact) mass is 345 g/mol. The highest BCUT2D eigenvalue weighted by Crippen LogP contribution is 2.18. The maximum Gasteiger partial charge on any atom is 0.332 e. The molecule has 8 heteroatoms. The van der Waals surface area contributed by atoms with Gasteiger partial charge in [0.15, 0.2) is 0 Å². The second-order valence-corrected chi connectivity index (χ2v) is 6.16. The lowest BCUT2D eigenvalue weighted by Crippen LogP contribution is -2.44. The summed E-state index contributed by atoms with van der Waals surface area (Å²) in [6.45, 7) is 3.44. The molecule has 1 aromatic heterocycles. The van der Waals surface area contributed by atoms with Gasteiger partial charge in [-0.25, -0.2) is 9.36 Å². The third-order valence-corrected chi connectivity index (χ3v) is 4.20. The van der Waals surface area contributed by atoms with Gasteiger partial charge in [0.25, 0.3) is 5.56 Å². The van der Waals surface area contributed by atoms with Crippen LogP contribution >= 0.6 is 0 Å². The third-order valence-electron chi connectivity index (χ3n) is 4.20. The lowest BCUT2D eigenvalue weighted by Gasteiger charge is -2.18. The van der Waals surface area contributed by atoms with E-state index >= 15 is 0 Å². The Balaban J connectivity index is 2.40. The van der Waals surface area contributed by atoms with E-state index < -0.39 is 17.2 Å². The quantitative estimate of drug-likeness (QED) is 0.838. The number of aryl methyl sites for hydroxylation is 1. The molecule has 1 amide bonds. The first-order valence-electron chi connectivity index (χ1n) is 7.77.